The zero-order chi connectivity index (χ0) is 21.6. The number of hydrogen-bond acceptors (Lipinski definition) is 4. The van der Waals surface area contributed by atoms with Gasteiger partial charge in [-0.05, 0) is 65.2 Å². The van der Waals surface area contributed by atoms with Gasteiger partial charge in [-0.1, -0.05) is 48.5 Å². The minimum atomic E-state index is 0.499. The van der Waals surface area contributed by atoms with E-state index in [1.165, 1.54) is 0 Å². The summed E-state index contributed by atoms with van der Waals surface area (Å²) in [4.78, 5) is 13.5. The average molecular weight is 415 g/mol. The Bertz CT molecular complexity index is 1310. The zero-order valence-corrected chi connectivity index (χ0v) is 17.4. The first kappa shape index (κ1) is 19.6. The topological polar surface area (TPSA) is 47.9 Å². The minimum absolute atomic E-state index is 0.499. The predicted octanol–water partition coefficient (Wildman–Crippen LogP) is 6.45. The molecule has 0 aliphatic rings. The lowest BCUT2D eigenvalue weighted by Gasteiger charge is -2.14. The predicted molar refractivity (Wildman–Crippen MR) is 127 cm³/mol. The largest absolute Gasteiger partial charge is 0.488 e. The van der Waals surface area contributed by atoms with Crippen molar-refractivity contribution in [3.63, 3.8) is 0 Å². The van der Waals surface area contributed by atoms with Crippen LogP contribution in [-0.2, 0) is 6.61 Å². The number of ether oxygens (including phenoxy) is 1. The molecule has 4 heteroatoms. The molecule has 0 aliphatic carbocycles. The molecule has 0 saturated heterocycles. The molecule has 0 saturated carbocycles. The van der Waals surface area contributed by atoms with Crippen LogP contribution in [0.1, 0.15) is 5.56 Å². The molecule has 5 rings (SSSR count). The van der Waals surface area contributed by atoms with Gasteiger partial charge >= 0.3 is 0 Å². The summed E-state index contributed by atoms with van der Waals surface area (Å²) in [6, 6.07) is 32.2. The van der Waals surface area contributed by atoms with E-state index in [0.717, 1.165) is 45.1 Å². The van der Waals surface area contributed by atoms with Gasteiger partial charge in [-0.3, -0.25) is 15.0 Å². The normalized spacial score (nSPS) is 10.6. The van der Waals surface area contributed by atoms with E-state index in [4.69, 9.17) is 4.74 Å². The van der Waals surface area contributed by atoms with Crippen molar-refractivity contribution in [1.29, 1.82) is 0 Å². The van der Waals surface area contributed by atoms with E-state index in [1.807, 2.05) is 72.9 Å². The van der Waals surface area contributed by atoms with Gasteiger partial charge < -0.3 is 4.74 Å². The van der Waals surface area contributed by atoms with Crippen LogP contribution in [0.4, 0.5) is 0 Å². The number of benzene rings is 2. The zero-order valence-electron chi connectivity index (χ0n) is 17.4. The molecule has 0 spiro atoms. The van der Waals surface area contributed by atoms with E-state index in [-0.39, 0.29) is 0 Å². The second kappa shape index (κ2) is 9.23. The van der Waals surface area contributed by atoms with Gasteiger partial charge in [-0.2, -0.15) is 0 Å². The molecule has 3 heterocycles. The van der Waals surface area contributed by atoms with Gasteiger partial charge in [0, 0.05) is 24.2 Å². The highest BCUT2D eigenvalue weighted by atomic mass is 16.5. The smallest absolute Gasteiger partial charge is 0.129 e. The number of nitrogens with zero attached hydrogens (tertiary/aromatic N) is 3. The first-order chi connectivity index (χ1) is 15.9. The fraction of sp³-hybridized carbons (Fsp3) is 0.0357. The molecular formula is C28H21N3O. The summed E-state index contributed by atoms with van der Waals surface area (Å²) in [7, 11) is 0. The summed E-state index contributed by atoms with van der Waals surface area (Å²) in [5.41, 5.74) is 6.77. The molecule has 0 bridgehead atoms. The van der Waals surface area contributed by atoms with Crippen LogP contribution in [0.2, 0.25) is 0 Å². The van der Waals surface area contributed by atoms with Crippen LogP contribution in [0.3, 0.4) is 0 Å². The van der Waals surface area contributed by atoms with E-state index in [0.29, 0.717) is 6.61 Å². The van der Waals surface area contributed by atoms with Crippen molar-refractivity contribution in [2.24, 2.45) is 0 Å². The van der Waals surface area contributed by atoms with Gasteiger partial charge in [0.25, 0.3) is 0 Å². The van der Waals surface area contributed by atoms with Crippen LogP contribution in [0.25, 0.3) is 33.8 Å². The fourth-order valence-corrected chi connectivity index (χ4v) is 3.56. The monoisotopic (exact) mass is 415 g/mol. The van der Waals surface area contributed by atoms with Crippen LogP contribution < -0.4 is 4.74 Å². The second-order valence-corrected chi connectivity index (χ2v) is 7.34. The first-order valence-electron chi connectivity index (χ1n) is 10.5. The average Bonchev–Trinajstić information content (AvgIpc) is 2.89. The first-order valence-corrected chi connectivity index (χ1v) is 10.5. The third-order valence-corrected chi connectivity index (χ3v) is 5.18. The molecule has 154 valence electrons. The van der Waals surface area contributed by atoms with Gasteiger partial charge in [0.15, 0.2) is 0 Å². The highest BCUT2D eigenvalue weighted by Crippen LogP contribution is 2.34. The maximum absolute atomic E-state index is 6.20. The summed E-state index contributed by atoms with van der Waals surface area (Å²) < 4.78 is 6.20. The quantitative estimate of drug-likeness (QED) is 0.320. The van der Waals surface area contributed by atoms with Crippen LogP contribution in [0.5, 0.6) is 5.75 Å². The minimum Gasteiger partial charge on any atom is -0.488 e. The molecule has 2 aromatic carbocycles. The highest BCUT2D eigenvalue weighted by Gasteiger charge is 2.12. The molecule has 4 nitrogen and oxygen atoms in total. The molecule has 0 unspecified atom stereocenters. The van der Waals surface area contributed by atoms with E-state index in [9.17, 15) is 0 Å². The number of aromatic nitrogens is 3. The molecule has 3 aromatic heterocycles. The van der Waals surface area contributed by atoms with E-state index in [1.54, 1.807) is 12.4 Å². The molecule has 0 atom stereocenters. The molecule has 0 N–H and O–H groups in total. The molecule has 5 aromatic rings. The standard InChI is InChI=1S/C28H21N3O/c1-2-8-21(9-3-1)20-32-28-13-12-22(18-24(28)25-10-4-6-15-29-25)23-14-17-31-27(19-23)26-11-5-7-16-30-26/h1-19H,20H2. The summed E-state index contributed by atoms with van der Waals surface area (Å²) in [5.74, 6) is 0.801. The maximum Gasteiger partial charge on any atom is 0.129 e. The lowest BCUT2D eigenvalue weighted by Crippen LogP contribution is -1.98. The summed E-state index contributed by atoms with van der Waals surface area (Å²) in [6.45, 7) is 0.499. The van der Waals surface area contributed by atoms with Crippen molar-refractivity contribution in [2.45, 2.75) is 6.61 Å². The molecule has 0 fully saturated rings. The van der Waals surface area contributed by atoms with Crippen molar-refractivity contribution in [1.82, 2.24) is 15.0 Å². The van der Waals surface area contributed by atoms with Crippen molar-refractivity contribution in [3.05, 3.63) is 121 Å². The van der Waals surface area contributed by atoms with Gasteiger partial charge in [0.2, 0.25) is 0 Å². The SMILES string of the molecule is c1ccc(COc2ccc(-c3ccnc(-c4ccccn4)c3)cc2-c2ccccn2)cc1. The molecule has 0 radical (unpaired) electrons. The molecular weight excluding hydrogens is 394 g/mol. The highest BCUT2D eigenvalue weighted by molar-refractivity contribution is 5.77. The van der Waals surface area contributed by atoms with Crippen molar-refractivity contribution in [2.75, 3.05) is 0 Å². The van der Waals surface area contributed by atoms with Gasteiger partial charge in [-0.25, -0.2) is 0 Å². The fourth-order valence-electron chi connectivity index (χ4n) is 3.56. The Labute approximate surface area is 187 Å². The molecule has 32 heavy (non-hydrogen) atoms. The van der Waals surface area contributed by atoms with Crippen molar-refractivity contribution < 1.29 is 4.74 Å². The van der Waals surface area contributed by atoms with Crippen LogP contribution in [-0.4, -0.2) is 15.0 Å². The Balaban J connectivity index is 1.52. The number of hydrogen-bond donors (Lipinski definition) is 0. The Morgan fingerprint density at radius 3 is 1.97 bits per heavy atom. The van der Waals surface area contributed by atoms with Crippen LogP contribution >= 0.6 is 0 Å². The lowest BCUT2D eigenvalue weighted by molar-refractivity contribution is 0.307. The van der Waals surface area contributed by atoms with E-state index < -0.39 is 0 Å². The van der Waals surface area contributed by atoms with Crippen LogP contribution in [0, 0.1) is 0 Å². The van der Waals surface area contributed by atoms with Crippen LogP contribution in [0.15, 0.2) is 116 Å². The Kier molecular flexibility index (Phi) is 5.66. The van der Waals surface area contributed by atoms with E-state index in [2.05, 4.69) is 45.3 Å². The summed E-state index contributed by atoms with van der Waals surface area (Å²) in [5, 5.41) is 0. The van der Waals surface area contributed by atoms with Gasteiger partial charge in [0.1, 0.15) is 12.4 Å². The van der Waals surface area contributed by atoms with Gasteiger partial charge in [-0.15, -0.1) is 0 Å². The maximum atomic E-state index is 6.20. The molecule has 0 amide bonds. The van der Waals surface area contributed by atoms with Crippen molar-refractivity contribution in [3.8, 4) is 39.5 Å². The number of rotatable bonds is 6. The van der Waals surface area contributed by atoms with Gasteiger partial charge in [0.05, 0.1) is 17.1 Å². The Hall–Kier alpha value is -4.31. The van der Waals surface area contributed by atoms with E-state index >= 15 is 0 Å². The Morgan fingerprint density at radius 1 is 0.531 bits per heavy atom. The third-order valence-electron chi connectivity index (χ3n) is 5.18. The summed E-state index contributed by atoms with van der Waals surface area (Å²) in [6.07, 6.45) is 5.40. The second-order valence-electron chi connectivity index (χ2n) is 7.34. The lowest BCUT2D eigenvalue weighted by atomic mass is 10.00. The Morgan fingerprint density at radius 2 is 1.22 bits per heavy atom. The number of pyridine rings is 3. The summed E-state index contributed by atoms with van der Waals surface area (Å²) >= 11 is 0. The molecule has 0 aliphatic heterocycles. The third kappa shape index (κ3) is 4.40. The van der Waals surface area contributed by atoms with Crippen molar-refractivity contribution >= 4 is 0 Å².